The number of benzene rings is 2. The van der Waals surface area contributed by atoms with Gasteiger partial charge in [-0.05, 0) is 22.3 Å². The molecule has 4 rings (SSSR count). The van der Waals surface area contributed by atoms with Crippen molar-refractivity contribution in [3.05, 3.63) is 59.7 Å². The largest absolute Gasteiger partial charge is 0.480 e. The first-order valence-corrected chi connectivity index (χ1v) is 9.91. The molecular weight excluding hydrogens is 384 g/mol. The standard InChI is InChI=1S/C23H24N2O5/c1-23(2)13-25(20(23)21(27)28)19(26)11-24-22(29)30-12-18-16-9-5-3-7-14(16)15-8-4-6-10-17(15)18/h3-10,18,20H,11-13H2,1-2H3,(H,24,29)(H,27,28). The van der Waals surface area contributed by atoms with Crippen molar-refractivity contribution in [2.24, 2.45) is 5.41 Å². The van der Waals surface area contributed by atoms with Gasteiger partial charge in [0.05, 0.1) is 0 Å². The molecule has 1 saturated heterocycles. The minimum Gasteiger partial charge on any atom is -0.480 e. The quantitative estimate of drug-likeness (QED) is 0.793. The van der Waals surface area contributed by atoms with Crippen LogP contribution in [0.15, 0.2) is 48.5 Å². The van der Waals surface area contributed by atoms with E-state index in [0.717, 1.165) is 22.3 Å². The van der Waals surface area contributed by atoms with Gasteiger partial charge in [-0.1, -0.05) is 62.4 Å². The number of alkyl carbamates (subject to hydrolysis) is 1. The number of carbonyl (C=O) groups is 3. The molecule has 1 fully saturated rings. The van der Waals surface area contributed by atoms with Gasteiger partial charge in [0.1, 0.15) is 19.2 Å². The number of carboxylic acids is 1. The Hall–Kier alpha value is -3.35. The molecule has 7 nitrogen and oxygen atoms in total. The van der Waals surface area contributed by atoms with Crippen molar-refractivity contribution in [3.63, 3.8) is 0 Å². The summed E-state index contributed by atoms with van der Waals surface area (Å²) >= 11 is 0. The predicted molar refractivity (Wildman–Crippen MR) is 110 cm³/mol. The van der Waals surface area contributed by atoms with Crippen molar-refractivity contribution in [2.45, 2.75) is 25.8 Å². The van der Waals surface area contributed by atoms with Crippen LogP contribution in [0.1, 0.15) is 30.9 Å². The molecule has 2 N–H and O–H groups in total. The van der Waals surface area contributed by atoms with Gasteiger partial charge < -0.3 is 20.1 Å². The van der Waals surface area contributed by atoms with Crippen LogP contribution >= 0.6 is 0 Å². The Morgan fingerprint density at radius 3 is 2.17 bits per heavy atom. The summed E-state index contributed by atoms with van der Waals surface area (Å²) in [5.41, 5.74) is 4.00. The molecule has 0 saturated carbocycles. The third-order valence-electron chi connectivity index (χ3n) is 5.91. The molecule has 1 atom stereocenters. The lowest BCUT2D eigenvalue weighted by Gasteiger charge is -2.51. The normalized spacial score (nSPS) is 18.7. The highest BCUT2D eigenvalue weighted by atomic mass is 16.5. The van der Waals surface area contributed by atoms with Crippen molar-refractivity contribution >= 4 is 18.0 Å². The number of likely N-dealkylation sites (tertiary alicyclic amines) is 1. The number of nitrogens with one attached hydrogen (secondary N) is 1. The second-order valence-electron chi connectivity index (χ2n) is 8.43. The Balaban J connectivity index is 1.34. The van der Waals surface area contributed by atoms with Crippen LogP contribution in [0.5, 0.6) is 0 Å². The molecule has 1 aliphatic heterocycles. The summed E-state index contributed by atoms with van der Waals surface area (Å²) in [4.78, 5) is 37.2. The van der Waals surface area contributed by atoms with E-state index in [9.17, 15) is 19.5 Å². The van der Waals surface area contributed by atoms with Gasteiger partial charge >= 0.3 is 12.1 Å². The zero-order chi connectivity index (χ0) is 21.5. The van der Waals surface area contributed by atoms with Crippen molar-refractivity contribution in [3.8, 4) is 11.1 Å². The second kappa shape index (κ2) is 7.48. The number of ether oxygens (including phenoxy) is 1. The van der Waals surface area contributed by atoms with E-state index < -0.39 is 29.4 Å². The molecule has 30 heavy (non-hydrogen) atoms. The zero-order valence-corrected chi connectivity index (χ0v) is 16.9. The molecule has 1 unspecified atom stereocenters. The third kappa shape index (κ3) is 3.40. The number of fused-ring (bicyclic) bond motifs is 3. The minimum absolute atomic E-state index is 0.0635. The molecule has 1 heterocycles. The lowest BCUT2D eigenvalue weighted by molar-refractivity contribution is -0.171. The number of nitrogens with zero attached hydrogens (tertiary/aromatic N) is 1. The molecule has 0 radical (unpaired) electrons. The first-order chi connectivity index (χ1) is 14.3. The highest BCUT2D eigenvalue weighted by Gasteiger charge is 2.52. The summed E-state index contributed by atoms with van der Waals surface area (Å²) in [5.74, 6) is -1.54. The molecule has 0 aromatic heterocycles. The average molecular weight is 408 g/mol. The van der Waals surface area contributed by atoms with Gasteiger partial charge in [0, 0.05) is 17.9 Å². The minimum atomic E-state index is -1.04. The maximum Gasteiger partial charge on any atom is 0.407 e. The van der Waals surface area contributed by atoms with E-state index in [1.807, 2.05) is 36.4 Å². The van der Waals surface area contributed by atoms with Gasteiger partial charge in [0.25, 0.3) is 0 Å². The lowest BCUT2D eigenvalue weighted by Crippen LogP contribution is -2.68. The molecular formula is C23H24N2O5. The second-order valence-corrected chi connectivity index (χ2v) is 8.43. The molecule has 156 valence electrons. The van der Waals surface area contributed by atoms with E-state index in [2.05, 4.69) is 17.4 Å². The molecule has 0 spiro atoms. The summed E-state index contributed by atoms with van der Waals surface area (Å²) in [6, 6.07) is 15.2. The Labute approximate surface area is 174 Å². The van der Waals surface area contributed by atoms with E-state index >= 15 is 0 Å². The van der Waals surface area contributed by atoms with Crippen LogP contribution in [-0.4, -0.2) is 53.7 Å². The molecule has 2 aromatic rings. The van der Waals surface area contributed by atoms with Gasteiger partial charge in [-0.3, -0.25) is 4.79 Å². The summed E-state index contributed by atoms with van der Waals surface area (Å²) in [6.07, 6.45) is -0.697. The topological polar surface area (TPSA) is 95.9 Å². The van der Waals surface area contributed by atoms with Crippen molar-refractivity contribution in [2.75, 3.05) is 19.7 Å². The van der Waals surface area contributed by atoms with Crippen LogP contribution in [0.25, 0.3) is 11.1 Å². The maximum atomic E-state index is 12.3. The number of carboxylic acid groups (broad SMARTS) is 1. The van der Waals surface area contributed by atoms with Crippen LogP contribution in [0.2, 0.25) is 0 Å². The Bertz CT molecular complexity index is 971. The molecule has 2 amide bonds. The average Bonchev–Trinajstić information content (AvgIpc) is 3.02. The van der Waals surface area contributed by atoms with Crippen LogP contribution in [0, 0.1) is 5.41 Å². The first kappa shape index (κ1) is 19.9. The summed E-state index contributed by atoms with van der Waals surface area (Å²) in [6.45, 7) is 3.80. The SMILES string of the molecule is CC1(C)CN(C(=O)CNC(=O)OCC2c3ccccc3-c3ccccc32)C1C(=O)O. The number of rotatable bonds is 5. The predicted octanol–water partition coefficient (Wildman–Crippen LogP) is 2.85. The van der Waals surface area contributed by atoms with Gasteiger partial charge in [-0.2, -0.15) is 0 Å². The molecule has 2 aliphatic rings. The third-order valence-corrected chi connectivity index (χ3v) is 5.91. The van der Waals surface area contributed by atoms with Gasteiger partial charge in [-0.15, -0.1) is 0 Å². The van der Waals surface area contributed by atoms with Crippen molar-refractivity contribution < 1.29 is 24.2 Å². The summed E-state index contributed by atoms with van der Waals surface area (Å²) in [5, 5.41) is 11.8. The lowest BCUT2D eigenvalue weighted by atomic mass is 9.75. The van der Waals surface area contributed by atoms with Gasteiger partial charge in [-0.25, -0.2) is 9.59 Å². The Morgan fingerprint density at radius 2 is 1.63 bits per heavy atom. The molecule has 2 aromatic carbocycles. The van der Waals surface area contributed by atoms with E-state index in [1.165, 1.54) is 4.90 Å². The number of hydrogen-bond acceptors (Lipinski definition) is 4. The van der Waals surface area contributed by atoms with Crippen LogP contribution in [-0.2, 0) is 14.3 Å². The highest BCUT2D eigenvalue weighted by molar-refractivity contribution is 5.89. The molecule has 7 heteroatoms. The van der Waals surface area contributed by atoms with Crippen LogP contribution < -0.4 is 5.32 Å². The van der Waals surface area contributed by atoms with E-state index in [0.29, 0.717) is 6.54 Å². The van der Waals surface area contributed by atoms with Crippen LogP contribution in [0.4, 0.5) is 4.79 Å². The van der Waals surface area contributed by atoms with E-state index in [-0.39, 0.29) is 19.1 Å². The van der Waals surface area contributed by atoms with Gasteiger partial charge in [0.15, 0.2) is 0 Å². The maximum absolute atomic E-state index is 12.3. The summed E-state index contributed by atoms with van der Waals surface area (Å²) in [7, 11) is 0. The molecule has 0 bridgehead atoms. The smallest absolute Gasteiger partial charge is 0.407 e. The van der Waals surface area contributed by atoms with Gasteiger partial charge in [0.2, 0.25) is 5.91 Å². The highest BCUT2D eigenvalue weighted by Crippen LogP contribution is 2.44. The van der Waals surface area contributed by atoms with E-state index in [4.69, 9.17) is 4.74 Å². The Morgan fingerprint density at radius 1 is 1.07 bits per heavy atom. The number of aliphatic carboxylic acids is 1. The first-order valence-electron chi connectivity index (χ1n) is 9.91. The number of hydrogen-bond donors (Lipinski definition) is 2. The fourth-order valence-electron chi connectivity index (χ4n) is 4.52. The summed E-state index contributed by atoms with van der Waals surface area (Å²) < 4.78 is 5.40. The number of carbonyl (C=O) groups excluding carboxylic acids is 2. The fraction of sp³-hybridized carbons (Fsp3) is 0.348. The molecule has 1 aliphatic carbocycles. The zero-order valence-electron chi connectivity index (χ0n) is 16.9. The fourth-order valence-corrected chi connectivity index (χ4v) is 4.52. The van der Waals surface area contributed by atoms with E-state index in [1.54, 1.807) is 13.8 Å². The monoisotopic (exact) mass is 408 g/mol. The van der Waals surface area contributed by atoms with Crippen LogP contribution in [0.3, 0.4) is 0 Å². The Kier molecular flexibility index (Phi) is 4.97. The number of amides is 2. The van der Waals surface area contributed by atoms with Crippen molar-refractivity contribution in [1.82, 2.24) is 10.2 Å². The van der Waals surface area contributed by atoms with Crippen molar-refractivity contribution in [1.29, 1.82) is 0 Å².